The number of hydrogen-bond donors (Lipinski definition) is 4. The summed E-state index contributed by atoms with van der Waals surface area (Å²) in [6.45, 7) is 3.40. The summed E-state index contributed by atoms with van der Waals surface area (Å²) >= 11 is 0. The number of likely N-dealkylation sites (tertiary alicyclic amines) is 1. The van der Waals surface area contributed by atoms with Crippen molar-refractivity contribution in [1.82, 2.24) is 20.3 Å². The Balaban J connectivity index is 1.50. The van der Waals surface area contributed by atoms with Crippen LogP contribution in [-0.2, 0) is 6.54 Å². The Labute approximate surface area is 202 Å². The molecule has 1 spiro atoms. The Hall–Kier alpha value is -3.24. The molecule has 2 aliphatic rings. The number of alkyl halides is 2. The summed E-state index contributed by atoms with van der Waals surface area (Å²) < 4.78 is 33.7. The van der Waals surface area contributed by atoms with Crippen LogP contribution in [0.25, 0.3) is 10.9 Å². The third kappa shape index (κ3) is 4.21. The maximum absolute atomic E-state index is 13.9. The summed E-state index contributed by atoms with van der Waals surface area (Å²) in [6, 6.07) is 7.80. The van der Waals surface area contributed by atoms with Crippen molar-refractivity contribution in [2.24, 2.45) is 22.2 Å². The number of amidine groups is 1. The highest BCUT2D eigenvalue weighted by molar-refractivity contribution is 5.96. The number of H-pyrrole nitrogens is 1. The third-order valence-corrected chi connectivity index (χ3v) is 7.64. The first kappa shape index (κ1) is 23.5. The smallest absolute Gasteiger partial charge is 0.249 e. The number of aryl methyl sites for hydroxylation is 1. The Morgan fingerprint density at radius 3 is 2.77 bits per heavy atom. The second-order valence-electron chi connectivity index (χ2n) is 9.89. The number of methoxy groups -OCH3 is 1. The number of rotatable bonds is 5. The fourth-order valence-corrected chi connectivity index (χ4v) is 5.97. The zero-order valence-corrected chi connectivity index (χ0v) is 19.9. The van der Waals surface area contributed by atoms with Crippen LogP contribution in [0.1, 0.15) is 54.1 Å². The summed E-state index contributed by atoms with van der Waals surface area (Å²) in [5.74, 6) is 9.38. The van der Waals surface area contributed by atoms with Crippen LogP contribution in [-0.4, -0.2) is 40.3 Å². The number of benzene rings is 1. The summed E-state index contributed by atoms with van der Waals surface area (Å²) in [7, 11) is 1.68. The lowest BCUT2D eigenvalue weighted by atomic mass is 9.59. The SMILES string of the molecule is COc1cc(C)c2[nH]ccc2c1CN1CCC2(C[C@H]1c1ccc(/C(=N/N)NN)nc1)CC(F)(F)C2. The summed E-state index contributed by atoms with van der Waals surface area (Å²) in [4.78, 5) is 10.2. The van der Waals surface area contributed by atoms with E-state index in [9.17, 15) is 8.78 Å². The number of aromatic amines is 1. The van der Waals surface area contributed by atoms with Crippen molar-refractivity contribution in [2.45, 2.75) is 51.1 Å². The van der Waals surface area contributed by atoms with Gasteiger partial charge in [0.2, 0.25) is 5.92 Å². The third-order valence-electron chi connectivity index (χ3n) is 7.64. The summed E-state index contributed by atoms with van der Waals surface area (Å²) in [5, 5.41) is 4.72. The van der Waals surface area contributed by atoms with Gasteiger partial charge in [0.15, 0.2) is 5.84 Å². The number of ether oxygens (including phenoxy) is 1. The number of nitrogens with two attached hydrogens (primary N) is 2. The second kappa shape index (κ2) is 8.76. The molecular formula is C25H31F2N7O. The van der Waals surface area contributed by atoms with Gasteiger partial charge in [-0.3, -0.25) is 9.88 Å². The maximum atomic E-state index is 13.9. The van der Waals surface area contributed by atoms with Crippen LogP contribution in [0.15, 0.2) is 41.8 Å². The van der Waals surface area contributed by atoms with E-state index in [2.05, 4.69) is 38.4 Å². The van der Waals surface area contributed by atoms with E-state index in [1.54, 1.807) is 19.4 Å². The van der Waals surface area contributed by atoms with E-state index in [1.165, 1.54) is 0 Å². The lowest BCUT2D eigenvalue weighted by Crippen LogP contribution is -2.53. The van der Waals surface area contributed by atoms with E-state index in [4.69, 9.17) is 16.4 Å². The second-order valence-corrected chi connectivity index (χ2v) is 9.89. The minimum atomic E-state index is -2.56. The average Bonchev–Trinajstić information content (AvgIpc) is 3.32. The first-order valence-electron chi connectivity index (χ1n) is 11.7. The summed E-state index contributed by atoms with van der Waals surface area (Å²) in [5.41, 5.74) is 6.85. The topological polar surface area (TPSA) is 118 Å². The van der Waals surface area contributed by atoms with Crippen molar-refractivity contribution in [3.63, 3.8) is 0 Å². The zero-order chi connectivity index (χ0) is 24.8. The van der Waals surface area contributed by atoms with Crippen molar-refractivity contribution in [3.05, 3.63) is 59.0 Å². The van der Waals surface area contributed by atoms with E-state index in [1.807, 2.05) is 18.3 Å². The normalized spacial score (nSPS) is 21.7. The first-order valence-corrected chi connectivity index (χ1v) is 11.7. The van der Waals surface area contributed by atoms with Gasteiger partial charge in [-0.2, -0.15) is 5.10 Å². The molecule has 35 heavy (non-hydrogen) atoms. The van der Waals surface area contributed by atoms with Crippen LogP contribution >= 0.6 is 0 Å². The molecule has 8 nitrogen and oxygen atoms in total. The predicted octanol–water partition coefficient (Wildman–Crippen LogP) is 3.72. The number of piperidine rings is 1. The molecule has 1 aliphatic heterocycles. The zero-order valence-electron chi connectivity index (χ0n) is 19.9. The van der Waals surface area contributed by atoms with E-state index in [0.717, 1.165) is 39.8 Å². The molecule has 10 heteroatoms. The molecule has 3 aromatic rings. The van der Waals surface area contributed by atoms with Crippen molar-refractivity contribution in [2.75, 3.05) is 13.7 Å². The van der Waals surface area contributed by atoms with Crippen LogP contribution < -0.4 is 21.8 Å². The quantitative estimate of drug-likeness (QED) is 0.190. The number of aromatic nitrogens is 2. The molecule has 0 radical (unpaired) electrons. The van der Waals surface area contributed by atoms with E-state index in [-0.39, 0.29) is 30.1 Å². The molecule has 1 atom stereocenters. The highest BCUT2D eigenvalue weighted by Crippen LogP contribution is 2.60. The molecular weight excluding hydrogens is 452 g/mol. The van der Waals surface area contributed by atoms with Gasteiger partial charge < -0.3 is 21.0 Å². The Morgan fingerprint density at radius 2 is 2.14 bits per heavy atom. The molecule has 1 saturated heterocycles. The lowest BCUT2D eigenvalue weighted by Gasteiger charge is -2.54. The van der Waals surface area contributed by atoms with Crippen molar-refractivity contribution in [1.29, 1.82) is 0 Å². The number of nitrogens with zero attached hydrogens (tertiary/aromatic N) is 3. The minimum Gasteiger partial charge on any atom is -0.496 e. The molecule has 0 bridgehead atoms. The number of fused-ring (bicyclic) bond motifs is 1. The first-order chi connectivity index (χ1) is 16.8. The number of hydrogen-bond acceptors (Lipinski definition) is 6. The molecule has 1 aliphatic carbocycles. The number of halogens is 2. The van der Waals surface area contributed by atoms with Crippen LogP contribution in [0.4, 0.5) is 8.78 Å². The molecule has 1 saturated carbocycles. The standard InChI is InChI=1S/C25H31F2N7O/c1-15-9-21(35-2)18(17-5-7-30-22(15)17)12-34-8-6-24(13-25(26,27)14-24)10-20(34)16-3-4-19(31-11-16)23(32-28)33-29/h3-5,7,9,11,20,30H,6,8,10,12-14,28-29H2,1-2H3,(H,32,33)/t20-/m0/s1. The Morgan fingerprint density at radius 1 is 1.34 bits per heavy atom. The molecule has 1 aromatic carbocycles. The number of pyridine rings is 1. The van der Waals surface area contributed by atoms with Crippen LogP contribution in [0, 0.1) is 12.3 Å². The van der Waals surface area contributed by atoms with Gasteiger partial charge in [-0.15, -0.1) is 0 Å². The van der Waals surface area contributed by atoms with Crippen molar-refractivity contribution >= 4 is 16.7 Å². The van der Waals surface area contributed by atoms with Gasteiger partial charge in [0.05, 0.1) is 7.11 Å². The highest BCUT2D eigenvalue weighted by atomic mass is 19.3. The number of nitrogens with one attached hydrogen (secondary N) is 2. The molecule has 0 amide bonds. The highest BCUT2D eigenvalue weighted by Gasteiger charge is 2.58. The molecule has 2 aromatic heterocycles. The van der Waals surface area contributed by atoms with Crippen LogP contribution in [0.2, 0.25) is 0 Å². The molecule has 3 heterocycles. The molecule has 186 valence electrons. The molecule has 0 unspecified atom stereocenters. The lowest BCUT2D eigenvalue weighted by molar-refractivity contribution is -0.186. The monoisotopic (exact) mass is 483 g/mol. The van der Waals surface area contributed by atoms with E-state index in [0.29, 0.717) is 25.2 Å². The molecule has 2 fully saturated rings. The van der Waals surface area contributed by atoms with Crippen molar-refractivity contribution < 1.29 is 13.5 Å². The Kier molecular flexibility index (Phi) is 5.88. The van der Waals surface area contributed by atoms with Gasteiger partial charge in [0.1, 0.15) is 11.4 Å². The molecule has 5 rings (SSSR count). The predicted molar refractivity (Wildman–Crippen MR) is 131 cm³/mol. The van der Waals surface area contributed by atoms with Gasteiger partial charge in [-0.1, -0.05) is 6.07 Å². The van der Waals surface area contributed by atoms with Gasteiger partial charge in [-0.25, -0.2) is 14.6 Å². The summed E-state index contributed by atoms with van der Waals surface area (Å²) in [6.07, 6.45) is 5.00. The van der Waals surface area contributed by atoms with E-state index < -0.39 is 5.92 Å². The fourth-order valence-electron chi connectivity index (χ4n) is 5.97. The number of hydrazone groups is 1. The maximum Gasteiger partial charge on any atom is 0.249 e. The molecule has 6 N–H and O–H groups in total. The van der Waals surface area contributed by atoms with Crippen LogP contribution in [0.5, 0.6) is 5.75 Å². The van der Waals surface area contributed by atoms with Gasteiger partial charge >= 0.3 is 0 Å². The van der Waals surface area contributed by atoms with E-state index >= 15 is 0 Å². The van der Waals surface area contributed by atoms with Gasteiger partial charge in [-0.05, 0) is 61.1 Å². The number of hydrazine groups is 1. The Bertz CT molecular complexity index is 1250. The fraction of sp³-hybridized carbons (Fsp3) is 0.440. The minimum absolute atomic E-state index is 0.0488. The van der Waals surface area contributed by atoms with Gasteiger partial charge in [0, 0.05) is 54.3 Å². The average molecular weight is 484 g/mol. The largest absolute Gasteiger partial charge is 0.496 e. The van der Waals surface area contributed by atoms with Crippen LogP contribution in [0.3, 0.4) is 0 Å². The van der Waals surface area contributed by atoms with Crippen molar-refractivity contribution in [3.8, 4) is 5.75 Å². The van der Waals surface area contributed by atoms with Gasteiger partial charge in [0.25, 0.3) is 0 Å².